The van der Waals surface area contributed by atoms with Crippen LogP contribution in [0.25, 0.3) is 0 Å². The zero-order valence-corrected chi connectivity index (χ0v) is 11.7. The molecule has 0 saturated carbocycles. The maximum atomic E-state index is 12.0. The quantitative estimate of drug-likeness (QED) is 0.752. The van der Waals surface area contributed by atoms with Crippen LogP contribution in [0.4, 0.5) is 4.79 Å². The van der Waals surface area contributed by atoms with E-state index in [4.69, 9.17) is 14.7 Å². The molecular weight excluding hydrogens is 254 g/mol. The highest BCUT2D eigenvalue weighted by molar-refractivity contribution is 5.80. The molecule has 1 fully saturated rings. The Morgan fingerprint density at radius 2 is 2.00 bits per heavy atom. The molecule has 0 aromatic rings. The Kier molecular flexibility index (Phi) is 5.13. The van der Waals surface area contributed by atoms with E-state index in [2.05, 4.69) is 4.74 Å². The van der Waals surface area contributed by atoms with Crippen molar-refractivity contribution in [3.63, 3.8) is 0 Å². The smallest absolute Gasteiger partial charge is 0.435 e. The van der Waals surface area contributed by atoms with Gasteiger partial charge in [-0.05, 0) is 33.6 Å². The lowest BCUT2D eigenvalue weighted by Crippen LogP contribution is -2.53. The number of aliphatic hydroxyl groups excluding tert-OH is 1. The molecule has 0 spiro atoms. The average Bonchev–Trinajstić information content (AvgIpc) is 2.35. The van der Waals surface area contributed by atoms with Gasteiger partial charge in [0.1, 0.15) is 11.7 Å². The predicted molar refractivity (Wildman–Crippen MR) is 65.1 cm³/mol. The normalized spacial score (nSPS) is 23.9. The summed E-state index contributed by atoms with van der Waals surface area (Å²) in [6.07, 6.45) is -0.457. The highest BCUT2D eigenvalue weighted by Gasteiger charge is 2.40. The van der Waals surface area contributed by atoms with Crippen LogP contribution < -0.4 is 0 Å². The fourth-order valence-corrected chi connectivity index (χ4v) is 1.70. The van der Waals surface area contributed by atoms with Gasteiger partial charge in [-0.3, -0.25) is 4.84 Å². The molecule has 1 N–H and O–H groups in total. The van der Waals surface area contributed by atoms with Crippen molar-refractivity contribution in [2.75, 3.05) is 13.7 Å². The Balaban J connectivity index is 2.81. The molecule has 0 aliphatic carbocycles. The Labute approximate surface area is 112 Å². The second-order valence-electron chi connectivity index (χ2n) is 5.33. The number of carbonyl (C=O) groups excluding carboxylic acids is 2. The molecule has 0 aromatic heterocycles. The first kappa shape index (κ1) is 15.7. The average molecular weight is 275 g/mol. The summed E-state index contributed by atoms with van der Waals surface area (Å²) < 4.78 is 9.81. The van der Waals surface area contributed by atoms with Crippen molar-refractivity contribution in [3.8, 4) is 0 Å². The Hall–Kier alpha value is -1.34. The van der Waals surface area contributed by atoms with Crippen LogP contribution >= 0.6 is 0 Å². The summed E-state index contributed by atoms with van der Waals surface area (Å²) in [5.41, 5.74) is -0.701. The van der Waals surface area contributed by atoms with Crippen LogP contribution in [0.2, 0.25) is 0 Å². The van der Waals surface area contributed by atoms with Gasteiger partial charge in [0.25, 0.3) is 0 Å². The van der Waals surface area contributed by atoms with Gasteiger partial charge in [-0.1, -0.05) is 0 Å². The summed E-state index contributed by atoms with van der Waals surface area (Å²) in [7, 11) is 1.24. The third-order valence-electron chi connectivity index (χ3n) is 2.56. The number of rotatable bonds is 2. The van der Waals surface area contributed by atoms with Crippen LogP contribution in [-0.2, 0) is 19.1 Å². The molecule has 0 radical (unpaired) electrons. The Morgan fingerprint density at radius 1 is 1.37 bits per heavy atom. The minimum absolute atomic E-state index is 0.229. The molecule has 1 heterocycles. The lowest BCUT2D eigenvalue weighted by Gasteiger charge is -2.37. The van der Waals surface area contributed by atoms with Crippen LogP contribution in [0.3, 0.4) is 0 Å². The number of aliphatic hydroxyl groups is 1. The third-order valence-corrected chi connectivity index (χ3v) is 2.56. The van der Waals surface area contributed by atoms with Crippen LogP contribution in [0.1, 0.15) is 33.6 Å². The Bertz CT molecular complexity index is 338. The molecule has 0 unspecified atom stereocenters. The summed E-state index contributed by atoms with van der Waals surface area (Å²) in [6, 6.07) is -0.845. The molecule has 1 aliphatic heterocycles. The van der Waals surface area contributed by atoms with Crippen LogP contribution in [0, 0.1) is 0 Å². The van der Waals surface area contributed by atoms with Crippen molar-refractivity contribution in [1.82, 2.24) is 5.06 Å². The number of hydrogen-bond acceptors (Lipinski definition) is 6. The fraction of sp³-hybridized carbons (Fsp3) is 0.833. The lowest BCUT2D eigenvalue weighted by molar-refractivity contribution is -0.238. The van der Waals surface area contributed by atoms with E-state index < -0.39 is 29.8 Å². The van der Waals surface area contributed by atoms with Gasteiger partial charge in [-0.25, -0.2) is 9.59 Å². The van der Waals surface area contributed by atoms with Crippen molar-refractivity contribution in [3.05, 3.63) is 0 Å². The minimum Gasteiger partial charge on any atom is -0.467 e. The molecule has 19 heavy (non-hydrogen) atoms. The van der Waals surface area contributed by atoms with E-state index in [0.29, 0.717) is 12.8 Å². The van der Waals surface area contributed by atoms with Crippen molar-refractivity contribution < 1.29 is 29.0 Å². The molecule has 0 aromatic carbocycles. The lowest BCUT2D eigenvalue weighted by atomic mass is 10.1. The van der Waals surface area contributed by atoms with Gasteiger partial charge in [0.05, 0.1) is 13.7 Å². The number of hydroxylamine groups is 2. The Morgan fingerprint density at radius 3 is 2.47 bits per heavy atom. The van der Waals surface area contributed by atoms with Crippen molar-refractivity contribution >= 4 is 12.1 Å². The van der Waals surface area contributed by atoms with Crippen LogP contribution in [-0.4, -0.2) is 53.7 Å². The maximum Gasteiger partial charge on any atom is 0.435 e. The maximum absolute atomic E-state index is 12.0. The molecular formula is C12H21NO6. The van der Waals surface area contributed by atoms with Gasteiger partial charge in [0, 0.05) is 0 Å². The summed E-state index contributed by atoms with van der Waals surface area (Å²) in [4.78, 5) is 28.9. The highest BCUT2D eigenvalue weighted by atomic mass is 16.7. The summed E-state index contributed by atoms with van der Waals surface area (Å²) in [6.45, 7) is 4.91. The van der Waals surface area contributed by atoms with Gasteiger partial charge in [0.15, 0.2) is 6.04 Å². The van der Waals surface area contributed by atoms with Crippen molar-refractivity contribution in [2.24, 2.45) is 0 Å². The third kappa shape index (κ3) is 4.36. The first-order valence-electron chi connectivity index (χ1n) is 6.16. The van der Waals surface area contributed by atoms with E-state index in [0.717, 1.165) is 5.06 Å². The SMILES string of the molecule is COC(=O)[C@H]1CC[C@@H](CO)ON1C(=O)OC(C)(C)C. The number of hydrogen-bond donors (Lipinski definition) is 1. The van der Waals surface area contributed by atoms with Gasteiger partial charge in [-0.15, -0.1) is 0 Å². The summed E-state index contributed by atoms with van der Waals surface area (Å²) >= 11 is 0. The van der Waals surface area contributed by atoms with Gasteiger partial charge < -0.3 is 14.6 Å². The van der Waals surface area contributed by atoms with Gasteiger partial charge in [-0.2, -0.15) is 5.06 Å². The van der Waals surface area contributed by atoms with E-state index >= 15 is 0 Å². The largest absolute Gasteiger partial charge is 0.467 e. The molecule has 110 valence electrons. The molecule has 1 aliphatic rings. The van der Waals surface area contributed by atoms with Crippen molar-refractivity contribution in [2.45, 2.75) is 51.4 Å². The number of methoxy groups -OCH3 is 1. The zero-order valence-electron chi connectivity index (χ0n) is 11.7. The van der Waals surface area contributed by atoms with E-state index in [1.54, 1.807) is 20.8 Å². The molecule has 2 atom stereocenters. The number of esters is 1. The first-order valence-corrected chi connectivity index (χ1v) is 6.16. The predicted octanol–water partition coefficient (Wildman–Crippen LogP) is 0.851. The molecule has 1 saturated heterocycles. The van der Waals surface area contributed by atoms with Crippen molar-refractivity contribution in [1.29, 1.82) is 0 Å². The van der Waals surface area contributed by atoms with Gasteiger partial charge >= 0.3 is 12.1 Å². The second kappa shape index (κ2) is 6.21. The monoisotopic (exact) mass is 275 g/mol. The second-order valence-corrected chi connectivity index (χ2v) is 5.33. The number of ether oxygens (including phenoxy) is 2. The first-order chi connectivity index (χ1) is 8.78. The molecule has 7 heteroatoms. The fourth-order valence-electron chi connectivity index (χ4n) is 1.70. The zero-order chi connectivity index (χ0) is 14.6. The van der Waals surface area contributed by atoms with E-state index in [9.17, 15) is 9.59 Å². The van der Waals surface area contributed by atoms with E-state index in [1.165, 1.54) is 7.11 Å². The summed E-state index contributed by atoms with van der Waals surface area (Å²) in [5, 5.41) is 9.95. The highest BCUT2D eigenvalue weighted by Crippen LogP contribution is 2.23. The number of carbonyl (C=O) groups is 2. The topological polar surface area (TPSA) is 85.3 Å². The number of amides is 1. The van der Waals surface area contributed by atoms with E-state index in [-0.39, 0.29) is 6.61 Å². The van der Waals surface area contributed by atoms with Gasteiger partial charge in [0.2, 0.25) is 0 Å². The molecule has 1 rings (SSSR count). The summed E-state index contributed by atoms with van der Waals surface area (Å²) in [5.74, 6) is -0.567. The van der Waals surface area contributed by atoms with Crippen LogP contribution in [0.5, 0.6) is 0 Å². The van der Waals surface area contributed by atoms with Crippen LogP contribution in [0.15, 0.2) is 0 Å². The molecule has 1 amide bonds. The van der Waals surface area contributed by atoms with E-state index in [1.807, 2.05) is 0 Å². The minimum atomic E-state index is -0.845. The molecule has 0 bridgehead atoms. The standard InChI is InChI=1S/C12H21NO6/c1-12(2,3)18-11(16)13-9(10(15)17-4)6-5-8(7-14)19-13/h8-9,14H,5-7H2,1-4H3/t8-,9+/m0/s1. The number of nitrogens with zero attached hydrogens (tertiary/aromatic N) is 1. The molecule has 7 nitrogen and oxygen atoms in total.